The Labute approximate surface area is 274 Å². The second-order valence-corrected chi connectivity index (χ2v) is 12.2. The highest BCUT2D eigenvalue weighted by Gasteiger charge is 2.30. The first-order chi connectivity index (χ1) is 22.7. The molecule has 3 N–H and O–H groups in total. The summed E-state index contributed by atoms with van der Waals surface area (Å²) in [7, 11) is 0. The topological polar surface area (TPSA) is 151 Å². The van der Waals surface area contributed by atoms with Crippen molar-refractivity contribution >= 4 is 34.5 Å². The second kappa shape index (κ2) is 15.4. The van der Waals surface area contributed by atoms with Gasteiger partial charge in [-0.15, -0.1) is 0 Å². The average molecular weight is 639 g/mol. The molecular weight excluding hydrogens is 596 g/mol. The molecule has 2 aromatic heterocycles. The van der Waals surface area contributed by atoms with Gasteiger partial charge in [0.15, 0.2) is 5.82 Å². The second-order valence-electron chi connectivity index (χ2n) is 12.2. The lowest BCUT2D eigenvalue weighted by Crippen LogP contribution is -2.50. The number of pyridine rings is 1. The summed E-state index contributed by atoms with van der Waals surface area (Å²) in [5.41, 5.74) is 2.14. The minimum atomic E-state index is -0.855. The molecule has 0 radical (unpaired) electrons. The minimum Gasteiger partial charge on any atom is -0.354 e. The van der Waals surface area contributed by atoms with E-state index < -0.39 is 12.1 Å². The number of fused-ring (bicyclic) bond motifs is 2. The van der Waals surface area contributed by atoms with Gasteiger partial charge >= 0.3 is 0 Å². The maximum Gasteiger partial charge on any atom is 0.254 e. The van der Waals surface area contributed by atoms with E-state index in [2.05, 4.69) is 31.0 Å². The van der Waals surface area contributed by atoms with Crippen LogP contribution in [-0.2, 0) is 27.3 Å². The number of benzene rings is 2. The number of aryl methyl sites for hydroxylation is 1. The van der Waals surface area contributed by atoms with Crippen molar-refractivity contribution in [2.24, 2.45) is 5.92 Å². The Hall–Kier alpha value is -5.13. The van der Waals surface area contributed by atoms with Gasteiger partial charge in [0.05, 0.1) is 11.6 Å². The van der Waals surface area contributed by atoms with E-state index in [4.69, 9.17) is 0 Å². The van der Waals surface area contributed by atoms with Crippen LogP contribution in [0.25, 0.3) is 10.9 Å². The van der Waals surface area contributed by atoms with Crippen LogP contribution in [0.1, 0.15) is 66.7 Å². The summed E-state index contributed by atoms with van der Waals surface area (Å²) >= 11 is 0. The Morgan fingerprint density at radius 2 is 1.72 bits per heavy atom. The number of amides is 4. The Morgan fingerprint density at radius 3 is 2.51 bits per heavy atom. The Bertz CT molecular complexity index is 1720. The predicted octanol–water partition coefficient (Wildman–Crippen LogP) is 3.12. The van der Waals surface area contributed by atoms with Crippen molar-refractivity contribution in [3.05, 3.63) is 89.6 Å². The molecule has 4 amide bonds. The zero-order valence-electron chi connectivity index (χ0n) is 27.1. The van der Waals surface area contributed by atoms with Crippen LogP contribution in [0.4, 0.5) is 0 Å². The van der Waals surface area contributed by atoms with Crippen LogP contribution < -0.4 is 16.0 Å². The summed E-state index contributed by atoms with van der Waals surface area (Å²) < 4.78 is 1.52. The average Bonchev–Trinajstić information content (AvgIpc) is 3.42. The third-order valence-electron chi connectivity index (χ3n) is 8.20. The highest BCUT2D eigenvalue weighted by molar-refractivity contribution is 6.06. The molecule has 0 fully saturated rings. The van der Waals surface area contributed by atoms with Crippen molar-refractivity contribution in [2.45, 2.75) is 65.1 Å². The molecule has 2 atom stereocenters. The molecule has 0 saturated carbocycles. The summed E-state index contributed by atoms with van der Waals surface area (Å²) in [5.74, 6) is -0.203. The Morgan fingerprint density at radius 1 is 0.936 bits per heavy atom. The fourth-order valence-corrected chi connectivity index (χ4v) is 5.82. The number of carbonyl (C=O) groups is 4. The van der Waals surface area contributed by atoms with Crippen LogP contribution in [0.2, 0.25) is 0 Å². The molecule has 2 aromatic carbocycles. The van der Waals surface area contributed by atoms with Crippen LogP contribution in [0.3, 0.4) is 0 Å². The fourth-order valence-electron chi connectivity index (χ4n) is 5.82. The molecule has 1 aliphatic heterocycles. The molecule has 246 valence electrons. The van der Waals surface area contributed by atoms with Crippen LogP contribution in [0.5, 0.6) is 0 Å². The number of hydrogen-bond donors (Lipinski definition) is 3. The van der Waals surface area contributed by atoms with E-state index in [1.807, 2.05) is 56.3 Å². The molecule has 5 rings (SSSR count). The largest absolute Gasteiger partial charge is 0.354 e. The SMILES string of the molecule is Cc1nc2n(n1)CC(=O)NCCCN(C(=O)c1cccc3ncccc13)CCCC(=O)N[C@H](Cc1ccccc1)C(=O)N[C@H]2C(C)C. The molecule has 1 aliphatic rings. The lowest BCUT2D eigenvalue weighted by atomic mass is 10.0. The van der Waals surface area contributed by atoms with Gasteiger partial charge in [0, 0.05) is 49.6 Å². The quantitative estimate of drug-likeness (QED) is 0.311. The molecule has 12 nitrogen and oxygen atoms in total. The smallest absolute Gasteiger partial charge is 0.254 e. The molecule has 0 bridgehead atoms. The number of hydrogen-bond acceptors (Lipinski definition) is 7. The molecular formula is C35H42N8O4. The van der Waals surface area contributed by atoms with Crippen molar-refractivity contribution in [1.82, 2.24) is 40.6 Å². The third-order valence-corrected chi connectivity index (χ3v) is 8.20. The van der Waals surface area contributed by atoms with Gasteiger partial charge in [-0.2, -0.15) is 5.10 Å². The van der Waals surface area contributed by atoms with E-state index in [0.29, 0.717) is 49.7 Å². The lowest BCUT2D eigenvalue weighted by molar-refractivity contribution is -0.129. The standard InChI is InChI=1S/C35H42N8O4/c1-23(2)32-33-38-24(3)41-43(33)22-31(45)37-18-10-20-42(35(47)27-13-7-15-28-26(27)14-8-17-36-28)19-9-16-30(44)39-29(34(46)40-32)21-25-11-5-4-6-12-25/h4-8,11-15,17,23,29,32H,9-10,16,18-22H2,1-3H3,(H,37,45)(H,39,44)(H,40,46)/t29-,32+/m1/s1. The minimum absolute atomic E-state index is 0.0783. The van der Waals surface area contributed by atoms with Gasteiger partial charge in [-0.05, 0) is 49.4 Å². The Kier molecular flexibility index (Phi) is 10.9. The number of nitrogens with zero attached hydrogens (tertiary/aromatic N) is 5. The van der Waals surface area contributed by atoms with Gasteiger partial charge in [0.1, 0.15) is 18.4 Å². The van der Waals surface area contributed by atoms with E-state index in [9.17, 15) is 19.2 Å². The van der Waals surface area contributed by atoms with Gasteiger partial charge < -0.3 is 20.9 Å². The normalized spacial score (nSPS) is 18.9. The third kappa shape index (κ3) is 8.57. The molecule has 12 heteroatoms. The van der Waals surface area contributed by atoms with Crippen LogP contribution in [0.15, 0.2) is 66.9 Å². The molecule has 3 heterocycles. The number of rotatable bonds is 4. The Balaban J connectivity index is 1.42. The fraction of sp³-hybridized carbons (Fsp3) is 0.400. The van der Waals surface area contributed by atoms with E-state index in [0.717, 1.165) is 16.5 Å². The monoisotopic (exact) mass is 638 g/mol. The van der Waals surface area contributed by atoms with E-state index in [1.54, 1.807) is 36.2 Å². The molecule has 4 aromatic rings. The maximum absolute atomic E-state index is 13.8. The first-order valence-corrected chi connectivity index (χ1v) is 16.1. The molecule has 0 aliphatic carbocycles. The van der Waals surface area contributed by atoms with Crippen molar-refractivity contribution in [2.75, 3.05) is 19.6 Å². The lowest BCUT2D eigenvalue weighted by Gasteiger charge is -2.26. The van der Waals surface area contributed by atoms with E-state index >= 15 is 0 Å². The van der Waals surface area contributed by atoms with Gasteiger partial charge in [-0.1, -0.05) is 56.3 Å². The van der Waals surface area contributed by atoms with Crippen molar-refractivity contribution in [3.63, 3.8) is 0 Å². The van der Waals surface area contributed by atoms with Gasteiger partial charge in [-0.25, -0.2) is 9.67 Å². The zero-order chi connectivity index (χ0) is 33.3. The van der Waals surface area contributed by atoms with Crippen molar-refractivity contribution in [1.29, 1.82) is 0 Å². The first-order valence-electron chi connectivity index (χ1n) is 16.1. The number of nitrogens with one attached hydrogen (secondary N) is 3. The maximum atomic E-state index is 13.8. The van der Waals surface area contributed by atoms with Crippen molar-refractivity contribution < 1.29 is 19.2 Å². The van der Waals surface area contributed by atoms with Gasteiger partial charge in [0.25, 0.3) is 5.91 Å². The first kappa shape index (κ1) is 33.2. The summed E-state index contributed by atoms with van der Waals surface area (Å²) in [6, 6.07) is 17.2. The summed E-state index contributed by atoms with van der Waals surface area (Å²) in [6.07, 6.45) is 3.00. The van der Waals surface area contributed by atoms with E-state index in [-0.39, 0.29) is 48.9 Å². The van der Waals surface area contributed by atoms with Crippen LogP contribution in [0, 0.1) is 12.8 Å². The molecule has 0 spiro atoms. The van der Waals surface area contributed by atoms with Crippen LogP contribution >= 0.6 is 0 Å². The highest BCUT2D eigenvalue weighted by Crippen LogP contribution is 2.22. The number of aromatic nitrogens is 4. The van der Waals surface area contributed by atoms with Gasteiger partial charge in [-0.3, -0.25) is 24.2 Å². The van der Waals surface area contributed by atoms with Gasteiger partial charge in [0.2, 0.25) is 17.7 Å². The highest BCUT2D eigenvalue weighted by atomic mass is 16.2. The summed E-state index contributed by atoms with van der Waals surface area (Å²) in [4.78, 5) is 64.7. The molecule has 47 heavy (non-hydrogen) atoms. The zero-order valence-corrected chi connectivity index (χ0v) is 27.1. The van der Waals surface area contributed by atoms with Crippen molar-refractivity contribution in [3.8, 4) is 0 Å². The number of carbonyl (C=O) groups excluding carboxylic acids is 4. The van der Waals surface area contributed by atoms with E-state index in [1.165, 1.54) is 4.68 Å². The summed E-state index contributed by atoms with van der Waals surface area (Å²) in [6.45, 7) is 6.61. The predicted molar refractivity (Wildman–Crippen MR) is 177 cm³/mol. The van der Waals surface area contributed by atoms with Crippen LogP contribution in [-0.4, -0.2) is 74.0 Å². The molecule has 0 saturated heterocycles. The summed E-state index contributed by atoms with van der Waals surface area (Å²) in [5, 5.41) is 14.2. The molecule has 0 unspecified atom stereocenters.